The van der Waals surface area contributed by atoms with Crippen LogP contribution in [0.4, 0.5) is 20.5 Å². The fourth-order valence-electron chi connectivity index (χ4n) is 3.57. The molecule has 1 aromatic carbocycles. The molecule has 0 amide bonds. The lowest BCUT2D eigenvalue weighted by Crippen LogP contribution is -2.37. The minimum absolute atomic E-state index is 0.0308. The number of ether oxygens (including phenoxy) is 2. The summed E-state index contributed by atoms with van der Waals surface area (Å²) in [5.74, 6) is 0.430. The highest BCUT2D eigenvalue weighted by molar-refractivity contribution is 5.84. The molecule has 0 atom stereocenters. The summed E-state index contributed by atoms with van der Waals surface area (Å²) in [5.41, 5.74) is 6.71. The standard InChI is InChI=1S/C20H19F2N9O2/c1-32-13-4-2-3-12-15(13)26-18(16(21)22)31(12)20-28-17(11-9-24-10-14(23)25-11)27-19(29-20)30-5-7-33-8-6-30/h2-4,9-10,16H,5-8H2,1H3,(H2,23,25). The number of imidazole rings is 1. The average Bonchev–Trinajstić information content (AvgIpc) is 3.24. The number of rotatable bonds is 5. The van der Waals surface area contributed by atoms with Crippen LogP contribution in [0.3, 0.4) is 0 Å². The van der Waals surface area contributed by atoms with Crippen LogP contribution in [0.15, 0.2) is 30.6 Å². The van der Waals surface area contributed by atoms with Crippen LogP contribution in [0.1, 0.15) is 12.2 Å². The monoisotopic (exact) mass is 455 g/mol. The van der Waals surface area contributed by atoms with Gasteiger partial charge in [0, 0.05) is 13.1 Å². The minimum Gasteiger partial charge on any atom is -0.494 e. The summed E-state index contributed by atoms with van der Waals surface area (Å²) < 4.78 is 40.0. The molecule has 4 heterocycles. The Labute approximate surface area is 186 Å². The number of hydrogen-bond acceptors (Lipinski definition) is 10. The lowest BCUT2D eigenvalue weighted by atomic mass is 10.3. The lowest BCUT2D eigenvalue weighted by Gasteiger charge is -2.27. The van der Waals surface area contributed by atoms with E-state index in [1.807, 2.05) is 4.90 Å². The number of nitrogens with zero attached hydrogens (tertiary/aromatic N) is 8. The molecule has 33 heavy (non-hydrogen) atoms. The summed E-state index contributed by atoms with van der Waals surface area (Å²) >= 11 is 0. The second kappa shape index (κ2) is 8.50. The van der Waals surface area contributed by atoms with Crippen LogP contribution in [-0.2, 0) is 4.74 Å². The Balaban J connectivity index is 1.76. The number of nitrogen functional groups attached to an aromatic ring is 1. The molecular formula is C20H19F2N9O2. The zero-order valence-electron chi connectivity index (χ0n) is 17.5. The average molecular weight is 455 g/mol. The summed E-state index contributed by atoms with van der Waals surface area (Å²) in [6.45, 7) is 2.04. The highest BCUT2D eigenvalue weighted by atomic mass is 19.3. The first kappa shape index (κ1) is 20.9. The van der Waals surface area contributed by atoms with Crippen molar-refractivity contribution in [1.29, 1.82) is 0 Å². The van der Waals surface area contributed by atoms with E-state index < -0.39 is 12.2 Å². The smallest absolute Gasteiger partial charge is 0.296 e. The van der Waals surface area contributed by atoms with Crippen LogP contribution in [0.2, 0.25) is 0 Å². The van der Waals surface area contributed by atoms with Gasteiger partial charge in [0.15, 0.2) is 11.6 Å². The van der Waals surface area contributed by atoms with Gasteiger partial charge in [0.2, 0.25) is 11.9 Å². The Bertz CT molecular complexity index is 1310. The number of halogens is 2. The molecule has 1 saturated heterocycles. The largest absolute Gasteiger partial charge is 0.494 e. The second-order valence-electron chi connectivity index (χ2n) is 7.12. The number of nitrogens with two attached hydrogens (primary N) is 1. The number of anilines is 2. The maximum atomic E-state index is 14.1. The van der Waals surface area contributed by atoms with Crippen molar-refractivity contribution in [3.63, 3.8) is 0 Å². The Morgan fingerprint density at radius 1 is 1.03 bits per heavy atom. The van der Waals surface area contributed by atoms with E-state index in [0.717, 1.165) is 0 Å². The van der Waals surface area contributed by atoms with Crippen molar-refractivity contribution in [2.75, 3.05) is 44.0 Å². The molecule has 4 aromatic rings. The summed E-state index contributed by atoms with van der Waals surface area (Å²) in [4.78, 5) is 27.7. The Kier molecular flexibility index (Phi) is 5.38. The van der Waals surface area contributed by atoms with Crippen molar-refractivity contribution in [3.8, 4) is 23.2 Å². The van der Waals surface area contributed by atoms with Crippen LogP contribution in [0.5, 0.6) is 5.75 Å². The Morgan fingerprint density at radius 2 is 1.82 bits per heavy atom. The van der Waals surface area contributed by atoms with Gasteiger partial charge in [0.05, 0.1) is 38.2 Å². The van der Waals surface area contributed by atoms with E-state index in [-0.39, 0.29) is 28.8 Å². The molecule has 0 radical (unpaired) electrons. The molecule has 5 rings (SSSR count). The van der Waals surface area contributed by atoms with E-state index in [1.54, 1.807) is 18.2 Å². The van der Waals surface area contributed by atoms with Crippen molar-refractivity contribution in [1.82, 2.24) is 34.5 Å². The predicted molar refractivity (Wildman–Crippen MR) is 114 cm³/mol. The highest BCUT2D eigenvalue weighted by Gasteiger charge is 2.26. The highest BCUT2D eigenvalue weighted by Crippen LogP contribution is 2.32. The second-order valence-corrected chi connectivity index (χ2v) is 7.12. The van der Waals surface area contributed by atoms with Crippen LogP contribution in [0.25, 0.3) is 28.5 Å². The molecule has 0 unspecified atom stereocenters. The van der Waals surface area contributed by atoms with Crippen molar-refractivity contribution < 1.29 is 18.3 Å². The molecule has 2 N–H and O–H groups in total. The molecule has 3 aromatic heterocycles. The first-order valence-corrected chi connectivity index (χ1v) is 10.1. The fourth-order valence-corrected chi connectivity index (χ4v) is 3.57. The van der Waals surface area contributed by atoms with Crippen LogP contribution in [-0.4, -0.2) is 67.9 Å². The maximum Gasteiger partial charge on any atom is 0.296 e. The lowest BCUT2D eigenvalue weighted by molar-refractivity contribution is 0.122. The van der Waals surface area contributed by atoms with E-state index in [4.69, 9.17) is 15.2 Å². The summed E-state index contributed by atoms with van der Waals surface area (Å²) in [6, 6.07) is 4.98. The van der Waals surface area contributed by atoms with Gasteiger partial charge in [-0.3, -0.25) is 9.55 Å². The first-order valence-electron chi connectivity index (χ1n) is 10.1. The molecule has 1 aliphatic rings. The van der Waals surface area contributed by atoms with E-state index in [2.05, 4.69) is 29.9 Å². The molecule has 0 saturated carbocycles. The number of hydrogen-bond donors (Lipinski definition) is 1. The summed E-state index contributed by atoms with van der Waals surface area (Å²) in [7, 11) is 1.45. The SMILES string of the molecule is COc1cccc2c1nc(C(F)F)n2-c1nc(-c2cncc(N)n2)nc(N2CCOCC2)n1. The number of methoxy groups -OCH3 is 1. The number of para-hydroxylation sites is 1. The molecule has 0 spiro atoms. The topological polar surface area (TPSA) is 130 Å². The molecule has 170 valence electrons. The molecule has 0 aliphatic carbocycles. The van der Waals surface area contributed by atoms with Crippen LogP contribution in [0, 0.1) is 0 Å². The molecular weight excluding hydrogens is 436 g/mol. The van der Waals surface area contributed by atoms with Crippen molar-refractivity contribution in [2.45, 2.75) is 6.43 Å². The van der Waals surface area contributed by atoms with E-state index in [9.17, 15) is 8.78 Å². The molecule has 0 bridgehead atoms. The van der Waals surface area contributed by atoms with Gasteiger partial charge in [-0.2, -0.15) is 15.0 Å². The zero-order valence-corrected chi connectivity index (χ0v) is 17.5. The summed E-state index contributed by atoms with van der Waals surface area (Å²) in [5, 5.41) is 0. The van der Waals surface area contributed by atoms with Gasteiger partial charge >= 0.3 is 0 Å². The van der Waals surface area contributed by atoms with Crippen molar-refractivity contribution in [3.05, 3.63) is 36.4 Å². The van der Waals surface area contributed by atoms with Crippen LogP contribution < -0.4 is 15.4 Å². The third kappa shape index (κ3) is 3.86. The number of fused-ring (bicyclic) bond motifs is 1. The minimum atomic E-state index is -2.89. The van der Waals surface area contributed by atoms with Gasteiger partial charge in [-0.1, -0.05) is 6.07 Å². The number of aromatic nitrogens is 7. The fraction of sp³-hybridized carbons (Fsp3) is 0.300. The van der Waals surface area contributed by atoms with Gasteiger partial charge in [-0.05, 0) is 12.1 Å². The quantitative estimate of drug-likeness (QED) is 0.477. The number of morpholine rings is 1. The predicted octanol–water partition coefficient (Wildman–Crippen LogP) is 2.03. The number of alkyl halides is 2. The van der Waals surface area contributed by atoms with E-state index >= 15 is 0 Å². The molecule has 1 fully saturated rings. The Hall–Kier alpha value is -4.00. The van der Waals surface area contributed by atoms with E-state index in [1.165, 1.54) is 24.1 Å². The number of benzene rings is 1. The first-order chi connectivity index (χ1) is 16.0. The van der Waals surface area contributed by atoms with Gasteiger partial charge in [0.25, 0.3) is 6.43 Å². The van der Waals surface area contributed by atoms with Crippen molar-refractivity contribution in [2.24, 2.45) is 0 Å². The maximum absolute atomic E-state index is 14.1. The molecule has 11 nitrogen and oxygen atoms in total. The van der Waals surface area contributed by atoms with E-state index in [0.29, 0.717) is 43.5 Å². The van der Waals surface area contributed by atoms with Crippen molar-refractivity contribution >= 4 is 22.8 Å². The normalized spacial score (nSPS) is 14.2. The summed E-state index contributed by atoms with van der Waals surface area (Å²) in [6.07, 6.45) is -0.0537. The third-order valence-corrected chi connectivity index (χ3v) is 5.08. The molecule has 1 aliphatic heterocycles. The van der Waals surface area contributed by atoms with Gasteiger partial charge in [-0.15, -0.1) is 0 Å². The van der Waals surface area contributed by atoms with Gasteiger partial charge in [0.1, 0.15) is 22.8 Å². The van der Waals surface area contributed by atoms with Gasteiger partial charge < -0.3 is 20.1 Å². The molecule has 13 heteroatoms. The third-order valence-electron chi connectivity index (χ3n) is 5.08. The Morgan fingerprint density at radius 3 is 2.55 bits per heavy atom. The van der Waals surface area contributed by atoms with Gasteiger partial charge in [-0.25, -0.2) is 18.7 Å². The zero-order chi connectivity index (χ0) is 22.9. The van der Waals surface area contributed by atoms with Crippen LogP contribution >= 0.6 is 0 Å².